The summed E-state index contributed by atoms with van der Waals surface area (Å²) >= 11 is 0. The quantitative estimate of drug-likeness (QED) is 0.699. The molecule has 0 bridgehead atoms. The first-order chi connectivity index (χ1) is 13.9. The summed E-state index contributed by atoms with van der Waals surface area (Å²) < 4.78 is 26.4. The molecule has 0 unspecified atom stereocenters. The maximum Gasteiger partial charge on any atom is 0.254 e. The van der Waals surface area contributed by atoms with Gasteiger partial charge in [0.1, 0.15) is 11.6 Å². The summed E-state index contributed by atoms with van der Waals surface area (Å²) in [6.45, 7) is 0.886. The Hall–Kier alpha value is -3.29. The van der Waals surface area contributed by atoms with Crippen LogP contribution in [-0.2, 0) is 9.59 Å². The lowest BCUT2D eigenvalue weighted by Gasteiger charge is -2.16. The van der Waals surface area contributed by atoms with E-state index in [9.17, 15) is 23.2 Å². The van der Waals surface area contributed by atoms with Crippen LogP contribution in [0.1, 0.15) is 36.0 Å². The number of hydrogen-bond acceptors (Lipinski definition) is 3. The Labute approximate surface area is 166 Å². The zero-order valence-corrected chi connectivity index (χ0v) is 15.7. The Kier molecular flexibility index (Phi) is 6.54. The molecule has 2 aromatic rings. The molecule has 0 spiro atoms. The fourth-order valence-electron chi connectivity index (χ4n) is 3.09. The molecule has 6 nitrogen and oxygen atoms in total. The van der Waals surface area contributed by atoms with Crippen LogP contribution in [-0.4, -0.2) is 30.8 Å². The summed E-state index contributed by atoms with van der Waals surface area (Å²) in [7, 11) is 0. The van der Waals surface area contributed by atoms with Crippen LogP contribution in [0.3, 0.4) is 0 Å². The van der Waals surface area contributed by atoms with Gasteiger partial charge in [-0.2, -0.15) is 0 Å². The van der Waals surface area contributed by atoms with Crippen molar-refractivity contribution in [2.24, 2.45) is 0 Å². The molecule has 2 aromatic carbocycles. The Morgan fingerprint density at radius 1 is 1.07 bits per heavy atom. The van der Waals surface area contributed by atoms with Crippen LogP contribution in [0.5, 0.6) is 0 Å². The standard InChI is InChI=1S/C21H21F2N3O3/c22-14-5-10-17(18(23)13-14)21(29)24-11-1-3-19(27)25-15-6-8-16(9-7-15)26-12-2-4-20(26)28/h5-10,13H,1-4,11-12H2,(H,24,29)(H,25,27). The van der Waals surface area contributed by atoms with E-state index in [1.165, 1.54) is 0 Å². The van der Waals surface area contributed by atoms with Crippen LogP contribution < -0.4 is 15.5 Å². The van der Waals surface area contributed by atoms with Crippen LogP contribution in [0.25, 0.3) is 0 Å². The topological polar surface area (TPSA) is 78.5 Å². The lowest BCUT2D eigenvalue weighted by atomic mass is 10.2. The zero-order chi connectivity index (χ0) is 20.8. The van der Waals surface area contributed by atoms with Crippen LogP contribution >= 0.6 is 0 Å². The minimum Gasteiger partial charge on any atom is -0.352 e. The Balaban J connectivity index is 1.41. The molecule has 29 heavy (non-hydrogen) atoms. The first-order valence-electron chi connectivity index (χ1n) is 9.37. The minimum atomic E-state index is -0.931. The highest BCUT2D eigenvalue weighted by Crippen LogP contribution is 2.23. The van der Waals surface area contributed by atoms with Gasteiger partial charge in [0, 0.05) is 43.4 Å². The third-order valence-corrected chi connectivity index (χ3v) is 4.58. The van der Waals surface area contributed by atoms with E-state index >= 15 is 0 Å². The molecular weight excluding hydrogens is 380 g/mol. The molecule has 1 saturated heterocycles. The van der Waals surface area contributed by atoms with Crippen molar-refractivity contribution in [3.8, 4) is 0 Å². The van der Waals surface area contributed by atoms with E-state index in [0.29, 0.717) is 31.1 Å². The van der Waals surface area contributed by atoms with Gasteiger partial charge in [-0.1, -0.05) is 0 Å². The number of nitrogens with one attached hydrogen (secondary N) is 2. The van der Waals surface area contributed by atoms with Crippen molar-refractivity contribution in [2.75, 3.05) is 23.3 Å². The number of rotatable bonds is 7. The molecule has 152 valence electrons. The Bertz CT molecular complexity index is 916. The second-order valence-electron chi connectivity index (χ2n) is 6.73. The van der Waals surface area contributed by atoms with Gasteiger partial charge in [0.05, 0.1) is 5.56 Å². The van der Waals surface area contributed by atoms with E-state index < -0.39 is 17.5 Å². The largest absolute Gasteiger partial charge is 0.352 e. The number of nitrogens with zero attached hydrogens (tertiary/aromatic N) is 1. The molecule has 2 N–H and O–H groups in total. The number of hydrogen-bond donors (Lipinski definition) is 2. The number of carbonyl (C=O) groups is 3. The third-order valence-electron chi connectivity index (χ3n) is 4.58. The van der Waals surface area contributed by atoms with Crippen molar-refractivity contribution < 1.29 is 23.2 Å². The highest BCUT2D eigenvalue weighted by molar-refractivity contribution is 5.96. The number of amides is 3. The minimum absolute atomic E-state index is 0.101. The van der Waals surface area contributed by atoms with E-state index in [1.54, 1.807) is 29.2 Å². The van der Waals surface area contributed by atoms with E-state index in [-0.39, 0.29) is 30.3 Å². The fraction of sp³-hybridized carbons (Fsp3) is 0.286. The maximum atomic E-state index is 13.5. The molecule has 0 aliphatic carbocycles. The first-order valence-corrected chi connectivity index (χ1v) is 9.37. The zero-order valence-electron chi connectivity index (χ0n) is 15.7. The van der Waals surface area contributed by atoms with Crippen molar-refractivity contribution >= 4 is 29.1 Å². The predicted molar refractivity (Wildman–Crippen MR) is 105 cm³/mol. The lowest BCUT2D eigenvalue weighted by Crippen LogP contribution is -2.26. The monoisotopic (exact) mass is 401 g/mol. The van der Waals surface area contributed by atoms with Gasteiger partial charge in [0.25, 0.3) is 5.91 Å². The van der Waals surface area contributed by atoms with Crippen molar-refractivity contribution in [1.82, 2.24) is 5.32 Å². The van der Waals surface area contributed by atoms with Crippen LogP contribution in [0, 0.1) is 11.6 Å². The van der Waals surface area contributed by atoms with Gasteiger partial charge in [-0.25, -0.2) is 8.78 Å². The Morgan fingerprint density at radius 3 is 2.48 bits per heavy atom. The molecule has 3 amide bonds. The number of anilines is 2. The van der Waals surface area contributed by atoms with Gasteiger partial charge in [-0.3, -0.25) is 14.4 Å². The average Bonchev–Trinajstić information content (AvgIpc) is 3.11. The van der Waals surface area contributed by atoms with Gasteiger partial charge in [0.15, 0.2) is 0 Å². The second-order valence-corrected chi connectivity index (χ2v) is 6.73. The number of halogens is 2. The van der Waals surface area contributed by atoms with Gasteiger partial charge in [-0.15, -0.1) is 0 Å². The normalized spacial score (nSPS) is 13.4. The van der Waals surface area contributed by atoms with E-state index in [1.807, 2.05) is 0 Å². The Morgan fingerprint density at radius 2 is 1.83 bits per heavy atom. The van der Waals surface area contributed by atoms with Crippen LogP contribution in [0.4, 0.5) is 20.2 Å². The molecule has 1 aliphatic heterocycles. The van der Waals surface area contributed by atoms with Gasteiger partial charge in [-0.05, 0) is 49.2 Å². The molecular formula is C21H21F2N3O3. The van der Waals surface area contributed by atoms with Crippen molar-refractivity contribution in [3.63, 3.8) is 0 Å². The van der Waals surface area contributed by atoms with Gasteiger partial charge < -0.3 is 15.5 Å². The molecule has 0 aromatic heterocycles. The highest BCUT2D eigenvalue weighted by Gasteiger charge is 2.21. The van der Waals surface area contributed by atoms with Crippen molar-refractivity contribution in [1.29, 1.82) is 0 Å². The molecule has 3 rings (SSSR count). The predicted octanol–water partition coefficient (Wildman–Crippen LogP) is 3.24. The number of carbonyl (C=O) groups excluding carboxylic acids is 3. The summed E-state index contributed by atoms with van der Waals surface area (Å²) in [5, 5.41) is 5.25. The summed E-state index contributed by atoms with van der Waals surface area (Å²) in [5.74, 6) is -2.47. The molecule has 1 aliphatic rings. The fourth-order valence-corrected chi connectivity index (χ4v) is 3.09. The van der Waals surface area contributed by atoms with E-state index in [0.717, 1.165) is 24.2 Å². The molecule has 1 heterocycles. The summed E-state index contributed by atoms with van der Waals surface area (Å²) in [5.41, 5.74) is 1.18. The first kappa shape index (κ1) is 20.4. The summed E-state index contributed by atoms with van der Waals surface area (Å²) in [4.78, 5) is 37.4. The van der Waals surface area contributed by atoms with Crippen LogP contribution in [0.15, 0.2) is 42.5 Å². The second kappa shape index (κ2) is 9.27. The third kappa shape index (κ3) is 5.37. The van der Waals surface area contributed by atoms with E-state index in [2.05, 4.69) is 10.6 Å². The molecule has 0 radical (unpaired) electrons. The van der Waals surface area contributed by atoms with Gasteiger partial charge in [0.2, 0.25) is 11.8 Å². The molecule has 0 saturated carbocycles. The van der Waals surface area contributed by atoms with Crippen LogP contribution in [0.2, 0.25) is 0 Å². The molecule has 0 atom stereocenters. The van der Waals surface area contributed by atoms with E-state index in [4.69, 9.17) is 0 Å². The number of benzene rings is 2. The van der Waals surface area contributed by atoms with Gasteiger partial charge >= 0.3 is 0 Å². The van der Waals surface area contributed by atoms with Crippen molar-refractivity contribution in [2.45, 2.75) is 25.7 Å². The lowest BCUT2D eigenvalue weighted by molar-refractivity contribution is -0.117. The highest BCUT2D eigenvalue weighted by atomic mass is 19.1. The summed E-state index contributed by atoms with van der Waals surface area (Å²) in [6.07, 6.45) is 1.93. The molecule has 1 fully saturated rings. The SMILES string of the molecule is O=C(CCCNC(=O)c1ccc(F)cc1F)Nc1ccc(N2CCCC2=O)cc1. The maximum absolute atomic E-state index is 13.5. The van der Waals surface area contributed by atoms with Crippen molar-refractivity contribution in [3.05, 3.63) is 59.7 Å². The smallest absolute Gasteiger partial charge is 0.254 e. The average molecular weight is 401 g/mol. The summed E-state index contributed by atoms with van der Waals surface area (Å²) in [6, 6.07) is 9.78. The molecule has 8 heteroatoms.